The monoisotopic (exact) mass is 309 g/mol. The van der Waals surface area contributed by atoms with Gasteiger partial charge in [0.1, 0.15) is 0 Å². The lowest BCUT2D eigenvalue weighted by Crippen LogP contribution is -2.14. The molecule has 0 unspecified atom stereocenters. The van der Waals surface area contributed by atoms with Gasteiger partial charge in [-0.05, 0) is 25.7 Å². The average Bonchev–Trinajstić information content (AvgIpc) is 2.79. The molecule has 0 fully saturated rings. The van der Waals surface area contributed by atoms with Crippen molar-refractivity contribution in [1.82, 2.24) is 9.47 Å². The molecule has 23 heavy (non-hydrogen) atoms. The quantitative estimate of drug-likeness (QED) is 0.544. The van der Waals surface area contributed by atoms with Crippen LogP contribution < -0.4 is 0 Å². The van der Waals surface area contributed by atoms with Crippen LogP contribution in [-0.2, 0) is 13.6 Å². The van der Waals surface area contributed by atoms with Crippen molar-refractivity contribution in [3.05, 3.63) is 64.3 Å². The fraction of sp³-hybridized carbons (Fsp3) is 0.222. The number of aryl methyl sites for hydroxylation is 1. The van der Waals surface area contributed by atoms with E-state index in [1.165, 1.54) is 0 Å². The number of fused-ring (bicyclic) bond motifs is 1. The van der Waals surface area contributed by atoms with E-state index in [2.05, 4.69) is 9.47 Å². The van der Waals surface area contributed by atoms with Gasteiger partial charge in [0, 0.05) is 47.9 Å². The molecule has 3 aromatic rings. The fourth-order valence-corrected chi connectivity index (χ4v) is 3.01. The Labute approximate surface area is 134 Å². The van der Waals surface area contributed by atoms with Crippen LogP contribution in [0.25, 0.3) is 22.0 Å². The molecule has 118 valence electrons. The van der Waals surface area contributed by atoms with Crippen molar-refractivity contribution in [2.75, 3.05) is 14.1 Å². The van der Waals surface area contributed by atoms with Gasteiger partial charge in [-0.2, -0.15) is 0 Å². The van der Waals surface area contributed by atoms with Crippen LogP contribution in [-0.4, -0.2) is 28.5 Å². The topological polar surface area (TPSA) is 51.3 Å². The highest BCUT2D eigenvalue weighted by Crippen LogP contribution is 2.36. The average molecular weight is 309 g/mol. The minimum atomic E-state index is -0.340. The first-order valence-corrected chi connectivity index (χ1v) is 7.45. The van der Waals surface area contributed by atoms with E-state index in [4.69, 9.17) is 0 Å². The summed E-state index contributed by atoms with van der Waals surface area (Å²) in [6.07, 6.45) is 0. The van der Waals surface area contributed by atoms with Crippen LogP contribution >= 0.6 is 0 Å². The van der Waals surface area contributed by atoms with Crippen molar-refractivity contribution in [3.8, 4) is 11.1 Å². The lowest BCUT2D eigenvalue weighted by atomic mass is 10.0. The van der Waals surface area contributed by atoms with Crippen LogP contribution in [0.4, 0.5) is 5.69 Å². The van der Waals surface area contributed by atoms with Crippen LogP contribution in [0.15, 0.2) is 48.5 Å². The molecular weight excluding hydrogens is 290 g/mol. The predicted octanol–water partition coefficient (Wildman–Crippen LogP) is 3.82. The van der Waals surface area contributed by atoms with Crippen molar-refractivity contribution >= 4 is 16.6 Å². The summed E-state index contributed by atoms with van der Waals surface area (Å²) in [5, 5.41) is 12.1. The molecule has 0 saturated carbocycles. The Morgan fingerprint density at radius 2 is 1.83 bits per heavy atom. The third kappa shape index (κ3) is 2.71. The first kappa shape index (κ1) is 15.2. The number of aromatic nitrogens is 1. The van der Waals surface area contributed by atoms with Gasteiger partial charge in [0.05, 0.1) is 4.92 Å². The molecule has 0 amide bonds. The van der Waals surface area contributed by atoms with E-state index in [1.54, 1.807) is 12.1 Å². The molecule has 1 aromatic heterocycles. The zero-order chi connectivity index (χ0) is 16.6. The largest absolute Gasteiger partial charge is 0.346 e. The van der Waals surface area contributed by atoms with Crippen LogP contribution in [0.2, 0.25) is 0 Å². The van der Waals surface area contributed by atoms with E-state index in [0.717, 1.165) is 34.3 Å². The van der Waals surface area contributed by atoms with Gasteiger partial charge in [-0.1, -0.05) is 30.3 Å². The van der Waals surface area contributed by atoms with Gasteiger partial charge >= 0.3 is 0 Å². The third-order valence-corrected chi connectivity index (χ3v) is 4.04. The number of nitro groups is 1. The first-order valence-electron chi connectivity index (χ1n) is 7.45. The predicted molar refractivity (Wildman–Crippen MR) is 92.4 cm³/mol. The van der Waals surface area contributed by atoms with Crippen molar-refractivity contribution in [2.24, 2.45) is 7.05 Å². The zero-order valence-corrected chi connectivity index (χ0v) is 13.5. The van der Waals surface area contributed by atoms with Gasteiger partial charge in [0.2, 0.25) is 0 Å². The third-order valence-electron chi connectivity index (χ3n) is 4.04. The second-order valence-corrected chi connectivity index (χ2v) is 5.94. The maximum Gasteiger partial charge on any atom is 0.270 e. The highest BCUT2D eigenvalue weighted by atomic mass is 16.6. The lowest BCUT2D eigenvalue weighted by molar-refractivity contribution is -0.384. The summed E-state index contributed by atoms with van der Waals surface area (Å²) in [5.41, 5.74) is 4.43. The SMILES string of the molecule is CN(C)Cc1c(-c2ccccc2)c2cc([N+](=O)[O-])ccc2n1C. The van der Waals surface area contributed by atoms with E-state index >= 15 is 0 Å². The smallest absolute Gasteiger partial charge is 0.270 e. The van der Waals surface area contributed by atoms with Gasteiger partial charge in [-0.25, -0.2) is 0 Å². The Kier molecular flexibility index (Phi) is 3.88. The number of hydrogen-bond donors (Lipinski definition) is 0. The Bertz CT molecular complexity index is 867. The molecule has 0 N–H and O–H groups in total. The molecule has 1 heterocycles. The maximum atomic E-state index is 11.2. The Balaban J connectivity index is 2.36. The summed E-state index contributed by atoms with van der Waals surface area (Å²) in [6, 6.07) is 15.1. The summed E-state index contributed by atoms with van der Waals surface area (Å²) in [7, 11) is 6.06. The minimum absolute atomic E-state index is 0.122. The molecular formula is C18H19N3O2. The summed E-state index contributed by atoms with van der Waals surface area (Å²) >= 11 is 0. The minimum Gasteiger partial charge on any atom is -0.346 e. The van der Waals surface area contributed by atoms with E-state index in [9.17, 15) is 10.1 Å². The molecule has 0 aliphatic rings. The second kappa shape index (κ2) is 5.85. The molecule has 0 saturated heterocycles. The maximum absolute atomic E-state index is 11.2. The summed E-state index contributed by atoms with van der Waals surface area (Å²) in [6.45, 7) is 0.767. The van der Waals surface area contributed by atoms with Crippen molar-refractivity contribution in [3.63, 3.8) is 0 Å². The van der Waals surface area contributed by atoms with Crippen molar-refractivity contribution < 1.29 is 4.92 Å². The second-order valence-electron chi connectivity index (χ2n) is 5.94. The van der Waals surface area contributed by atoms with Gasteiger partial charge in [0.25, 0.3) is 5.69 Å². The molecule has 0 atom stereocenters. The van der Waals surface area contributed by atoms with E-state index in [1.807, 2.05) is 57.5 Å². The number of non-ortho nitro benzene ring substituents is 1. The number of rotatable bonds is 4. The van der Waals surface area contributed by atoms with E-state index < -0.39 is 0 Å². The van der Waals surface area contributed by atoms with Gasteiger partial charge in [-0.15, -0.1) is 0 Å². The Morgan fingerprint density at radius 1 is 1.13 bits per heavy atom. The Morgan fingerprint density at radius 3 is 2.43 bits per heavy atom. The summed E-state index contributed by atoms with van der Waals surface area (Å²) in [4.78, 5) is 12.9. The molecule has 0 spiro atoms. The number of hydrogen-bond acceptors (Lipinski definition) is 3. The van der Waals surface area contributed by atoms with Gasteiger partial charge < -0.3 is 9.47 Å². The fourth-order valence-electron chi connectivity index (χ4n) is 3.01. The lowest BCUT2D eigenvalue weighted by Gasteiger charge is -2.13. The summed E-state index contributed by atoms with van der Waals surface area (Å²) in [5.74, 6) is 0. The number of nitrogens with zero attached hydrogens (tertiary/aromatic N) is 3. The first-order chi connectivity index (χ1) is 11.0. The molecule has 0 aliphatic carbocycles. The molecule has 0 radical (unpaired) electrons. The van der Waals surface area contributed by atoms with Crippen LogP contribution in [0.5, 0.6) is 0 Å². The van der Waals surface area contributed by atoms with E-state index in [0.29, 0.717) is 0 Å². The summed E-state index contributed by atoms with van der Waals surface area (Å²) < 4.78 is 2.13. The zero-order valence-electron chi connectivity index (χ0n) is 13.5. The number of benzene rings is 2. The normalized spacial score (nSPS) is 11.3. The molecule has 3 rings (SSSR count). The highest BCUT2D eigenvalue weighted by Gasteiger charge is 2.19. The van der Waals surface area contributed by atoms with Gasteiger partial charge in [0.15, 0.2) is 0 Å². The molecule has 2 aromatic carbocycles. The highest BCUT2D eigenvalue weighted by molar-refractivity contribution is 5.99. The van der Waals surface area contributed by atoms with Crippen molar-refractivity contribution in [2.45, 2.75) is 6.54 Å². The van der Waals surface area contributed by atoms with Crippen LogP contribution in [0.1, 0.15) is 5.69 Å². The molecule has 0 aliphatic heterocycles. The molecule has 0 bridgehead atoms. The van der Waals surface area contributed by atoms with Gasteiger partial charge in [-0.3, -0.25) is 10.1 Å². The Hall–Kier alpha value is -2.66. The van der Waals surface area contributed by atoms with Crippen LogP contribution in [0.3, 0.4) is 0 Å². The van der Waals surface area contributed by atoms with E-state index in [-0.39, 0.29) is 10.6 Å². The standard InChI is InChI=1S/C18H19N3O2/c1-19(2)12-17-18(13-7-5-4-6-8-13)15-11-14(21(22)23)9-10-16(15)20(17)3/h4-11H,12H2,1-3H3. The van der Waals surface area contributed by atoms with Crippen LogP contribution in [0, 0.1) is 10.1 Å². The molecule has 5 heteroatoms. The molecule has 5 nitrogen and oxygen atoms in total. The number of nitro benzene ring substituents is 1. The van der Waals surface area contributed by atoms with Crippen molar-refractivity contribution in [1.29, 1.82) is 0 Å².